The molecule has 0 saturated carbocycles. The Morgan fingerprint density at radius 2 is 1.50 bits per heavy atom. The number of allylic oxidation sites excluding steroid dienone is 1. The maximum Gasteiger partial charge on any atom is 0.217 e. The van der Waals surface area contributed by atoms with E-state index in [2.05, 4.69) is 12.2 Å². The minimum atomic E-state index is -1.64. The number of hydrogen-bond donors (Lipinski definition) is 7. The van der Waals surface area contributed by atoms with Crippen LogP contribution in [0.15, 0.2) is 12.2 Å². The summed E-state index contributed by atoms with van der Waals surface area (Å²) in [7, 11) is 1.52. The maximum atomic E-state index is 12.0. The van der Waals surface area contributed by atoms with Crippen molar-refractivity contribution in [2.45, 2.75) is 165 Å². The van der Waals surface area contributed by atoms with Gasteiger partial charge in [-0.05, 0) is 12.8 Å². The first-order valence-electron chi connectivity index (χ1n) is 17.1. The lowest BCUT2D eigenvalue weighted by atomic mass is 9.98. The van der Waals surface area contributed by atoms with Crippen molar-refractivity contribution < 1.29 is 59.1 Å². The van der Waals surface area contributed by atoms with Crippen LogP contribution < -0.4 is 5.32 Å². The molecular formula is C33H61NO12. The summed E-state index contributed by atoms with van der Waals surface area (Å²) in [4.78, 5) is 12.0. The molecule has 0 bridgehead atoms. The molecule has 2 aliphatic heterocycles. The third-order valence-electron chi connectivity index (χ3n) is 8.62. The fraction of sp³-hybridized carbons (Fsp3) is 0.909. The zero-order chi connectivity index (χ0) is 33.9. The Balaban J connectivity index is 1.85. The number of carbonyl (C=O) groups is 1. The van der Waals surface area contributed by atoms with Gasteiger partial charge in [0.1, 0.15) is 30.5 Å². The predicted molar refractivity (Wildman–Crippen MR) is 170 cm³/mol. The van der Waals surface area contributed by atoms with Gasteiger partial charge < -0.3 is 59.6 Å². The molecule has 2 rings (SSSR count). The monoisotopic (exact) mass is 663 g/mol. The van der Waals surface area contributed by atoms with Gasteiger partial charge in [0.25, 0.3) is 0 Å². The van der Waals surface area contributed by atoms with Crippen LogP contribution >= 0.6 is 0 Å². The number of amides is 1. The molecule has 0 aromatic carbocycles. The lowest BCUT2D eigenvalue weighted by Crippen LogP contribution is -2.63. The topological polar surface area (TPSA) is 197 Å². The van der Waals surface area contributed by atoms with E-state index in [-0.39, 0.29) is 18.9 Å². The molecule has 2 aliphatic rings. The summed E-state index contributed by atoms with van der Waals surface area (Å²) in [6.07, 6.45) is 5.92. The second-order valence-electron chi connectivity index (χ2n) is 12.5. The SMILES string of the molecule is CCCCCCCCCCCCC/C=C/[C@H](OC)[C@H](CO[C@@H]1OC(CO)[C@@H](O[C@@H]2OC(CO)CC(O)[C@@H]2O)C(O)[C@@H]1O)NC(C)=O. The van der Waals surface area contributed by atoms with E-state index in [0.717, 1.165) is 19.3 Å². The van der Waals surface area contributed by atoms with E-state index in [1.54, 1.807) is 0 Å². The second-order valence-corrected chi connectivity index (χ2v) is 12.5. The average Bonchev–Trinajstić information content (AvgIpc) is 3.04. The van der Waals surface area contributed by atoms with Crippen LogP contribution in [0.5, 0.6) is 0 Å². The summed E-state index contributed by atoms with van der Waals surface area (Å²) in [5.41, 5.74) is 0. The van der Waals surface area contributed by atoms with Crippen LogP contribution in [0.4, 0.5) is 0 Å². The molecule has 0 aliphatic carbocycles. The highest BCUT2D eigenvalue weighted by atomic mass is 16.7. The molecular weight excluding hydrogens is 602 g/mol. The summed E-state index contributed by atoms with van der Waals surface area (Å²) >= 11 is 0. The fourth-order valence-corrected chi connectivity index (χ4v) is 5.87. The number of aliphatic hydroxyl groups excluding tert-OH is 6. The van der Waals surface area contributed by atoms with Crippen LogP contribution in [-0.4, -0.2) is 131 Å². The van der Waals surface area contributed by atoms with Gasteiger partial charge in [0, 0.05) is 20.5 Å². The Bertz CT molecular complexity index is 832. The first-order valence-corrected chi connectivity index (χ1v) is 17.1. The summed E-state index contributed by atoms with van der Waals surface area (Å²) in [6, 6.07) is -0.645. The highest BCUT2D eigenvalue weighted by molar-refractivity contribution is 5.73. The minimum absolute atomic E-state index is 0.0182. The quantitative estimate of drug-likeness (QED) is 0.0615. The van der Waals surface area contributed by atoms with Crippen molar-refractivity contribution in [2.24, 2.45) is 0 Å². The van der Waals surface area contributed by atoms with Crippen molar-refractivity contribution in [2.75, 3.05) is 26.9 Å². The van der Waals surface area contributed by atoms with Crippen molar-refractivity contribution in [1.29, 1.82) is 0 Å². The first kappa shape index (κ1) is 40.9. The normalized spacial score (nSPS) is 31.6. The molecule has 2 saturated heterocycles. The van der Waals surface area contributed by atoms with Crippen LogP contribution in [0.1, 0.15) is 97.3 Å². The molecule has 270 valence electrons. The van der Waals surface area contributed by atoms with Gasteiger partial charge in [0.2, 0.25) is 5.91 Å². The highest BCUT2D eigenvalue weighted by Crippen LogP contribution is 2.29. The molecule has 13 heteroatoms. The first-order chi connectivity index (χ1) is 22.2. The van der Waals surface area contributed by atoms with Crippen LogP contribution in [0, 0.1) is 0 Å². The van der Waals surface area contributed by atoms with Gasteiger partial charge in [-0.15, -0.1) is 0 Å². The number of methoxy groups -OCH3 is 1. The summed E-state index contributed by atoms with van der Waals surface area (Å²) < 4.78 is 28.2. The van der Waals surface area contributed by atoms with Gasteiger partial charge >= 0.3 is 0 Å². The van der Waals surface area contributed by atoms with E-state index in [1.807, 2.05) is 12.2 Å². The van der Waals surface area contributed by atoms with E-state index in [0.29, 0.717) is 0 Å². The Hall–Kier alpha value is -1.23. The Kier molecular flexibility index (Phi) is 20.6. The van der Waals surface area contributed by atoms with Crippen molar-refractivity contribution in [3.8, 4) is 0 Å². The van der Waals surface area contributed by atoms with Gasteiger partial charge in [-0.3, -0.25) is 4.79 Å². The smallest absolute Gasteiger partial charge is 0.217 e. The number of aliphatic hydroxyl groups is 6. The Morgan fingerprint density at radius 3 is 2.07 bits per heavy atom. The van der Waals surface area contributed by atoms with Crippen molar-refractivity contribution >= 4 is 5.91 Å². The highest BCUT2D eigenvalue weighted by Gasteiger charge is 2.49. The molecule has 0 aromatic heterocycles. The Labute approximate surface area is 274 Å². The van der Waals surface area contributed by atoms with Crippen LogP contribution in [0.3, 0.4) is 0 Å². The lowest BCUT2D eigenvalue weighted by Gasteiger charge is -2.45. The van der Waals surface area contributed by atoms with Gasteiger partial charge in [0.15, 0.2) is 12.6 Å². The number of nitrogens with one attached hydrogen (secondary N) is 1. The van der Waals surface area contributed by atoms with E-state index in [9.17, 15) is 35.4 Å². The zero-order valence-electron chi connectivity index (χ0n) is 28.0. The largest absolute Gasteiger partial charge is 0.394 e. The molecule has 4 unspecified atom stereocenters. The Morgan fingerprint density at radius 1 is 0.870 bits per heavy atom. The fourth-order valence-electron chi connectivity index (χ4n) is 5.87. The third kappa shape index (κ3) is 14.1. The minimum Gasteiger partial charge on any atom is -0.394 e. The molecule has 7 N–H and O–H groups in total. The molecule has 0 spiro atoms. The standard InChI is InChI=1S/C33H61NO12/c1-4-5-6-7-8-9-10-11-12-13-14-15-16-17-26(42-3)24(34-22(2)37)21-43-32-30(41)29(40)31(27(20-36)45-32)46-33-28(39)25(38)18-23(19-35)44-33/h16-17,23-33,35-36,38-41H,4-15,18-21H2,1-3H3,(H,34,37)/b17-16+/t23?,24-,25?,26-,27?,28-,29?,30-,31+,32+,33-/m0/s1. The van der Waals surface area contributed by atoms with E-state index < -0.39 is 80.7 Å². The summed E-state index contributed by atoms with van der Waals surface area (Å²) in [5, 5.41) is 64.2. The summed E-state index contributed by atoms with van der Waals surface area (Å²) in [5.74, 6) is -0.310. The molecule has 0 radical (unpaired) electrons. The van der Waals surface area contributed by atoms with Crippen LogP contribution in [0.25, 0.3) is 0 Å². The number of unbranched alkanes of at least 4 members (excludes halogenated alkanes) is 11. The van der Waals surface area contributed by atoms with Crippen LogP contribution in [0.2, 0.25) is 0 Å². The van der Waals surface area contributed by atoms with Crippen molar-refractivity contribution in [3.05, 3.63) is 12.2 Å². The molecule has 11 atom stereocenters. The molecule has 13 nitrogen and oxygen atoms in total. The van der Waals surface area contributed by atoms with Crippen molar-refractivity contribution in [1.82, 2.24) is 5.32 Å². The number of carbonyl (C=O) groups excluding carboxylic acids is 1. The maximum absolute atomic E-state index is 12.0. The van der Waals surface area contributed by atoms with E-state index in [4.69, 9.17) is 23.7 Å². The predicted octanol–water partition coefficient (Wildman–Crippen LogP) is 1.43. The molecule has 1 amide bonds. The average molecular weight is 664 g/mol. The number of ether oxygens (including phenoxy) is 5. The molecule has 2 heterocycles. The third-order valence-corrected chi connectivity index (χ3v) is 8.62. The number of hydrogen-bond acceptors (Lipinski definition) is 12. The molecule has 46 heavy (non-hydrogen) atoms. The van der Waals surface area contributed by atoms with Crippen LogP contribution in [-0.2, 0) is 28.5 Å². The van der Waals surface area contributed by atoms with E-state index in [1.165, 1.54) is 71.8 Å². The molecule has 2 fully saturated rings. The van der Waals surface area contributed by atoms with Gasteiger partial charge in [0.05, 0.1) is 44.2 Å². The van der Waals surface area contributed by atoms with Gasteiger partial charge in [-0.2, -0.15) is 0 Å². The van der Waals surface area contributed by atoms with Gasteiger partial charge in [-0.1, -0.05) is 83.3 Å². The molecule has 0 aromatic rings. The zero-order valence-corrected chi connectivity index (χ0v) is 28.0. The van der Waals surface area contributed by atoms with Gasteiger partial charge in [-0.25, -0.2) is 0 Å². The second kappa shape index (κ2) is 23.2. The van der Waals surface area contributed by atoms with Crippen molar-refractivity contribution in [3.63, 3.8) is 0 Å². The van der Waals surface area contributed by atoms with E-state index >= 15 is 0 Å². The lowest BCUT2D eigenvalue weighted by molar-refractivity contribution is -0.350. The number of rotatable bonds is 23. The summed E-state index contributed by atoms with van der Waals surface area (Å²) in [6.45, 7) is 2.39.